The van der Waals surface area contributed by atoms with E-state index in [4.69, 9.17) is 0 Å². The first kappa shape index (κ1) is 18.5. The minimum Gasteiger partial charge on any atom is -0.310 e. The Morgan fingerprint density at radius 2 is 2.00 bits per heavy atom. The van der Waals surface area contributed by atoms with Crippen LogP contribution in [0.25, 0.3) is 16.4 Å². The van der Waals surface area contributed by atoms with Crippen LogP contribution in [0.1, 0.15) is 5.69 Å². The van der Waals surface area contributed by atoms with Crippen molar-refractivity contribution in [1.82, 2.24) is 24.5 Å². The van der Waals surface area contributed by atoms with Crippen LogP contribution in [0, 0.1) is 6.92 Å². The lowest BCUT2D eigenvalue weighted by Crippen LogP contribution is -2.17. The number of hydrogen-bond acceptors (Lipinski definition) is 6. The van der Waals surface area contributed by atoms with E-state index < -0.39 is 0 Å². The second-order valence-electron chi connectivity index (χ2n) is 6.10. The third-order valence-electron chi connectivity index (χ3n) is 4.01. The first-order chi connectivity index (χ1) is 13.6. The predicted octanol–water partition coefficient (Wildman–Crippen LogP) is 3.77. The lowest BCUT2D eigenvalue weighted by atomic mass is 10.3. The van der Waals surface area contributed by atoms with Gasteiger partial charge in [-0.2, -0.15) is 5.10 Å². The van der Waals surface area contributed by atoms with Crippen molar-refractivity contribution in [1.29, 1.82) is 0 Å². The highest BCUT2D eigenvalue weighted by molar-refractivity contribution is 7.99. The molecule has 3 heterocycles. The zero-order chi connectivity index (χ0) is 19.5. The molecule has 1 N–H and O–H groups in total. The molecule has 28 heavy (non-hydrogen) atoms. The van der Waals surface area contributed by atoms with Crippen molar-refractivity contribution in [2.75, 3.05) is 11.1 Å². The molecule has 7 nitrogen and oxygen atoms in total. The Labute approximate surface area is 170 Å². The minimum atomic E-state index is -0.122. The third-order valence-corrected chi connectivity index (χ3v) is 5.89. The normalized spacial score (nSPS) is 10.9. The summed E-state index contributed by atoms with van der Waals surface area (Å²) < 4.78 is 3.64. The van der Waals surface area contributed by atoms with E-state index in [9.17, 15) is 4.79 Å². The fraction of sp³-hybridized carbons (Fsp3) is 0.158. The van der Waals surface area contributed by atoms with Crippen molar-refractivity contribution >= 4 is 34.8 Å². The van der Waals surface area contributed by atoms with Gasteiger partial charge in [0.25, 0.3) is 0 Å². The Morgan fingerprint density at radius 1 is 1.18 bits per heavy atom. The van der Waals surface area contributed by atoms with Crippen molar-refractivity contribution in [2.24, 2.45) is 7.05 Å². The monoisotopic (exact) mass is 410 g/mol. The number of carbonyl (C=O) groups excluding carboxylic acids is 1. The number of benzene rings is 1. The van der Waals surface area contributed by atoms with Gasteiger partial charge in [-0.15, -0.1) is 21.5 Å². The van der Waals surface area contributed by atoms with Gasteiger partial charge in [0, 0.05) is 13.1 Å². The fourth-order valence-corrected chi connectivity index (χ4v) is 4.18. The summed E-state index contributed by atoms with van der Waals surface area (Å²) in [5, 5.41) is 18.5. The Bertz CT molecular complexity index is 1090. The molecular formula is C19H18N6OS2. The number of carbonyl (C=O) groups is 1. The maximum Gasteiger partial charge on any atom is 0.236 e. The van der Waals surface area contributed by atoms with Crippen LogP contribution in [-0.4, -0.2) is 36.2 Å². The van der Waals surface area contributed by atoms with Gasteiger partial charge in [0.05, 0.1) is 22.0 Å². The summed E-state index contributed by atoms with van der Waals surface area (Å²) in [5.41, 5.74) is 1.73. The molecule has 0 aliphatic heterocycles. The fourth-order valence-electron chi connectivity index (χ4n) is 2.72. The Balaban J connectivity index is 1.44. The third kappa shape index (κ3) is 3.85. The molecule has 142 valence electrons. The number of aromatic nitrogens is 5. The standard InChI is InChI=1S/C19H18N6OS2/c1-13-11-16(25(23-13)14-7-4-3-5-8-14)20-17(26)12-28-19-22-21-18(24(19)2)15-9-6-10-27-15/h3-11H,12H2,1-2H3,(H,20,26). The molecule has 0 spiro atoms. The van der Waals surface area contributed by atoms with Gasteiger partial charge in [0.2, 0.25) is 5.91 Å². The number of nitrogens with one attached hydrogen (secondary N) is 1. The quantitative estimate of drug-likeness (QED) is 0.490. The number of aryl methyl sites for hydroxylation is 1. The molecule has 0 saturated heterocycles. The summed E-state index contributed by atoms with van der Waals surface area (Å²) in [6.45, 7) is 1.90. The smallest absolute Gasteiger partial charge is 0.236 e. The molecule has 0 radical (unpaired) electrons. The maximum absolute atomic E-state index is 12.5. The number of anilines is 1. The molecule has 0 atom stereocenters. The molecule has 1 aromatic carbocycles. The van der Waals surface area contributed by atoms with E-state index in [0.717, 1.165) is 22.1 Å². The Morgan fingerprint density at radius 3 is 2.75 bits per heavy atom. The van der Waals surface area contributed by atoms with Crippen LogP contribution in [0.15, 0.2) is 59.1 Å². The highest BCUT2D eigenvalue weighted by Crippen LogP contribution is 2.26. The zero-order valence-electron chi connectivity index (χ0n) is 15.4. The number of nitrogens with zero attached hydrogens (tertiary/aromatic N) is 5. The zero-order valence-corrected chi connectivity index (χ0v) is 17.0. The van der Waals surface area contributed by atoms with Crippen molar-refractivity contribution in [3.05, 3.63) is 59.6 Å². The molecule has 1 amide bonds. The van der Waals surface area contributed by atoms with Crippen molar-refractivity contribution in [2.45, 2.75) is 12.1 Å². The van der Waals surface area contributed by atoms with E-state index in [1.54, 1.807) is 16.0 Å². The van der Waals surface area contributed by atoms with E-state index in [0.29, 0.717) is 11.0 Å². The highest BCUT2D eigenvalue weighted by atomic mass is 32.2. The van der Waals surface area contributed by atoms with Gasteiger partial charge in [-0.25, -0.2) is 4.68 Å². The molecule has 3 aromatic heterocycles. The summed E-state index contributed by atoms with van der Waals surface area (Å²) >= 11 is 2.96. The van der Waals surface area contributed by atoms with Crippen LogP contribution in [0.4, 0.5) is 5.82 Å². The van der Waals surface area contributed by atoms with Gasteiger partial charge in [-0.05, 0) is 30.5 Å². The first-order valence-electron chi connectivity index (χ1n) is 8.60. The Hall–Kier alpha value is -2.91. The van der Waals surface area contributed by atoms with Gasteiger partial charge < -0.3 is 9.88 Å². The topological polar surface area (TPSA) is 77.6 Å². The average molecular weight is 411 g/mol. The van der Waals surface area contributed by atoms with Crippen LogP contribution in [0.3, 0.4) is 0 Å². The molecule has 0 saturated carbocycles. The second kappa shape index (κ2) is 7.99. The molecule has 0 fully saturated rings. The van der Waals surface area contributed by atoms with Crippen molar-refractivity contribution < 1.29 is 4.79 Å². The van der Waals surface area contributed by atoms with E-state index >= 15 is 0 Å². The molecule has 0 aliphatic rings. The summed E-state index contributed by atoms with van der Waals surface area (Å²) in [5.74, 6) is 1.56. The van der Waals surface area contributed by atoms with Crippen LogP contribution >= 0.6 is 23.1 Å². The van der Waals surface area contributed by atoms with Crippen LogP contribution in [0.2, 0.25) is 0 Å². The Kier molecular flexibility index (Phi) is 5.27. The molecule has 9 heteroatoms. The number of thioether (sulfide) groups is 1. The second-order valence-corrected chi connectivity index (χ2v) is 7.99. The summed E-state index contributed by atoms with van der Waals surface area (Å²) in [6, 6.07) is 15.5. The summed E-state index contributed by atoms with van der Waals surface area (Å²) in [4.78, 5) is 13.5. The molecular weight excluding hydrogens is 392 g/mol. The maximum atomic E-state index is 12.5. The minimum absolute atomic E-state index is 0.122. The van der Waals surface area contributed by atoms with E-state index in [1.807, 2.05) is 72.4 Å². The number of rotatable bonds is 6. The lowest BCUT2D eigenvalue weighted by Gasteiger charge is -2.08. The number of para-hydroxylation sites is 1. The van der Waals surface area contributed by atoms with Crippen molar-refractivity contribution in [3.8, 4) is 16.4 Å². The highest BCUT2D eigenvalue weighted by Gasteiger charge is 2.15. The summed E-state index contributed by atoms with van der Waals surface area (Å²) in [6.07, 6.45) is 0. The largest absolute Gasteiger partial charge is 0.310 e. The number of thiophene rings is 1. The molecule has 4 rings (SSSR count). The van der Waals surface area contributed by atoms with E-state index in [-0.39, 0.29) is 11.7 Å². The van der Waals surface area contributed by atoms with E-state index in [1.165, 1.54) is 11.8 Å². The SMILES string of the molecule is Cc1cc(NC(=O)CSc2nnc(-c3cccs3)n2C)n(-c2ccccc2)n1. The van der Waals surface area contributed by atoms with Gasteiger partial charge in [0.15, 0.2) is 11.0 Å². The predicted molar refractivity (Wildman–Crippen MR) is 112 cm³/mol. The van der Waals surface area contributed by atoms with E-state index in [2.05, 4.69) is 20.6 Å². The van der Waals surface area contributed by atoms with Gasteiger partial charge in [-0.1, -0.05) is 36.0 Å². The number of hydrogen-bond donors (Lipinski definition) is 1. The van der Waals surface area contributed by atoms with Gasteiger partial charge in [-0.3, -0.25) is 4.79 Å². The lowest BCUT2D eigenvalue weighted by molar-refractivity contribution is -0.113. The van der Waals surface area contributed by atoms with Crippen LogP contribution in [0.5, 0.6) is 0 Å². The van der Waals surface area contributed by atoms with Crippen LogP contribution in [-0.2, 0) is 11.8 Å². The summed E-state index contributed by atoms with van der Waals surface area (Å²) in [7, 11) is 1.91. The molecule has 0 unspecified atom stereocenters. The van der Waals surface area contributed by atoms with Gasteiger partial charge >= 0.3 is 0 Å². The number of amides is 1. The van der Waals surface area contributed by atoms with Crippen molar-refractivity contribution in [3.63, 3.8) is 0 Å². The average Bonchev–Trinajstić information content (AvgIpc) is 3.42. The van der Waals surface area contributed by atoms with Gasteiger partial charge in [0.1, 0.15) is 5.82 Å². The molecule has 4 aromatic rings. The molecule has 0 bridgehead atoms. The van der Waals surface area contributed by atoms with Crippen LogP contribution < -0.4 is 5.32 Å². The molecule has 0 aliphatic carbocycles. The first-order valence-corrected chi connectivity index (χ1v) is 10.5.